The summed E-state index contributed by atoms with van der Waals surface area (Å²) in [7, 11) is -3.79. The molecule has 3 N–H and O–H groups in total. The monoisotopic (exact) mass is 486 g/mol. The molecule has 1 amide bonds. The largest absolute Gasteiger partial charge is 0.392 e. The summed E-state index contributed by atoms with van der Waals surface area (Å²) >= 11 is 0. The standard InChI is InChI=1S/C21H34F4N2O4S/c1-12-16(22)8-4-9-17(12)31-18-10-3-7-15(21(23,24)25)19(18)20(28)27-13-5-2-6-14(11-13)32(26,29)30/h12-19H,2-11H2,1H3,(H,27,28)(H2,26,29,30). The molecule has 0 spiro atoms. The molecule has 0 bridgehead atoms. The predicted octanol–water partition coefficient (Wildman–Crippen LogP) is 3.59. The number of rotatable bonds is 5. The lowest BCUT2D eigenvalue weighted by Crippen LogP contribution is -2.54. The van der Waals surface area contributed by atoms with Gasteiger partial charge in [0.05, 0.1) is 29.3 Å². The molecule has 0 radical (unpaired) electrons. The molecule has 0 aromatic heterocycles. The molecule has 8 unspecified atom stereocenters. The van der Waals surface area contributed by atoms with Gasteiger partial charge < -0.3 is 10.1 Å². The van der Waals surface area contributed by atoms with E-state index in [0.717, 1.165) is 0 Å². The van der Waals surface area contributed by atoms with E-state index in [2.05, 4.69) is 5.32 Å². The van der Waals surface area contributed by atoms with E-state index in [4.69, 9.17) is 9.88 Å². The lowest BCUT2D eigenvalue weighted by atomic mass is 9.75. The maximum atomic E-state index is 14.1. The van der Waals surface area contributed by atoms with E-state index in [1.807, 2.05) is 0 Å². The van der Waals surface area contributed by atoms with Crippen molar-refractivity contribution < 1.29 is 35.5 Å². The number of nitrogens with two attached hydrogens (primary N) is 1. The Balaban J connectivity index is 1.76. The van der Waals surface area contributed by atoms with Gasteiger partial charge in [0, 0.05) is 12.0 Å². The van der Waals surface area contributed by atoms with E-state index in [-0.39, 0.29) is 19.3 Å². The van der Waals surface area contributed by atoms with Crippen molar-refractivity contribution in [1.82, 2.24) is 5.32 Å². The average molecular weight is 487 g/mol. The summed E-state index contributed by atoms with van der Waals surface area (Å²) < 4.78 is 85.1. The Bertz CT molecular complexity index is 763. The summed E-state index contributed by atoms with van der Waals surface area (Å²) in [5.41, 5.74) is 0. The third kappa shape index (κ3) is 6.14. The molecule has 3 aliphatic rings. The molecular formula is C21H34F4N2O4S. The molecule has 3 rings (SSSR count). The maximum Gasteiger partial charge on any atom is 0.392 e. The molecule has 0 aliphatic heterocycles. The molecule has 3 aliphatic carbocycles. The highest BCUT2D eigenvalue weighted by molar-refractivity contribution is 7.89. The van der Waals surface area contributed by atoms with Crippen LogP contribution in [0.3, 0.4) is 0 Å². The van der Waals surface area contributed by atoms with Crippen molar-refractivity contribution in [3.8, 4) is 0 Å². The van der Waals surface area contributed by atoms with Crippen LogP contribution in [-0.4, -0.2) is 50.2 Å². The molecule has 6 nitrogen and oxygen atoms in total. The molecular weight excluding hydrogens is 452 g/mol. The minimum atomic E-state index is -4.57. The smallest absolute Gasteiger partial charge is 0.374 e. The molecule has 32 heavy (non-hydrogen) atoms. The van der Waals surface area contributed by atoms with Gasteiger partial charge in [-0.3, -0.25) is 4.79 Å². The summed E-state index contributed by atoms with van der Waals surface area (Å²) in [6.45, 7) is 1.70. The van der Waals surface area contributed by atoms with Crippen LogP contribution in [0.1, 0.15) is 71.1 Å². The van der Waals surface area contributed by atoms with E-state index in [0.29, 0.717) is 44.9 Å². The van der Waals surface area contributed by atoms with Crippen molar-refractivity contribution in [2.75, 3.05) is 0 Å². The minimum Gasteiger partial charge on any atom is -0.374 e. The Morgan fingerprint density at radius 2 is 1.62 bits per heavy atom. The molecule has 0 saturated heterocycles. The van der Waals surface area contributed by atoms with Crippen LogP contribution in [0.2, 0.25) is 0 Å². The highest BCUT2D eigenvalue weighted by Crippen LogP contribution is 2.44. The number of hydrogen-bond donors (Lipinski definition) is 2. The lowest BCUT2D eigenvalue weighted by Gasteiger charge is -2.42. The SMILES string of the molecule is CC1C(F)CCCC1OC1CCCC(C(F)(F)F)C1C(=O)NC1CCCC(S(N)(=O)=O)C1. The fourth-order valence-corrected chi connectivity index (χ4v) is 6.59. The Hall–Kier alpha value is -0.940. The first-order valence-electron chi connectivity index (χ1n) is 11.6. The van der Waals surface area contributed by atoms with Crippen LogP contribution < -0.4 is 10.5 Å². The number of primary sulfonamides is 1. The number of carbonyl (C=O) groups is 1. The first kappa shape index (κ1) is 25.7. The van der Waals surface area contributed by atoms with Crippen LogP contribution in [0, 0.1) is 17.8 Å². The minimum absolute atomic E-state index is 0.0860. The molecule has 0 heterocycles. The van der Waals surface area contributed by atoms with Gasteiger partial charge in [0.2, 0.25) is 15.9 Å². The molecule has 0 aromatic carbocycles. The number of sulfonamides is 1. The second-order valence-electron chi connectivity index (χ2n) is 9.71. The van der Waals surface area contributed by atoms with Gasteiger partial charge in [-0.15, -0.1) is 0 Å². The number of amides is 1. The topological polar surface area (TPSA) is 98.5 Å². The van der Waals surface area contributed by atoms with Crippen LogP contribution in [0.25, 0.3) is 0 Å². The van der Waals surface area contributed by atoms with Gasteiger partial charge in [0.25, 0.3) is 0 Å². The van der Waals surface area contributed by atoms with E-state index in [9.17, 15) is 30.8 Å². The third-order valence-corrected chi connectivity index (χ3v) is 8.83. The summed E-state index contributed by atoms with van der Waals surface area (Å²) in [6, 6.07) is -0.556. The van der Waals surface area contributed by atoms with Gasteiger partial charge in [-0.25, -0.2) is 17.9 Å². The van der Waals surface area contributed by atoms with E-state index in [1.165, 1.54) is 0 Å². The maximum absolute atomic E-state index is 14.1. The quantitative estimate of drug-likeness (QED) is 0.580. The molecule has 0 aromatic rings. The number of ether oxygens (including phenoxy) is 1. The molecule has 3 fully saturated rings. The van der Waals surface area contributed by atoms with Crippen molar-refractivity contribution in [2.45, 2.75) is 107 Å². The van der Waals surface area contributed by atoms with Gasteiger partial charge in [0.1, 0.15) is 6.17 Å². The second-order valence-corrected chi connectivity index (χ2v) is 11.6. The first-order valence-corrected chi connectivity index (χ1v) is 13.2. The van der Waals surface area contributed by atoms with Crippen LogP contribution >= 0.6 is 0 Å². The summed E-state index contributed by atoms with van der Waals surface area (Å²) in [4.78, 5) is 13.1. The zero-order valence-corrected chi connectivity index (χ0v) is 19.1. The Labute approximate surface area is 187 Å². The number of alkyl halides is 4. The van der Waals surface area contributed by atoms with Crippen LogP contribution in [0.5, 0.6) is 0 Å². The second kappa shape index (κ2) is 10.1. The van der Waals surface area contributed by atoms with Crippen LogP contribution in [-0.2, 0) is 19.6 Å². The van der Waals surface area contributed by atoms with Crippen LogP contribution in [0.4, 0.5) is 17.6 Å². The molecule has 3 saturated carbocycles. The third-order valence-electron chi connectivity index (χ3n) is 7.47. The Morgan fingerprint density at radius 1 is 1.00 bits per heavy atom. The normalized spacial score (nSPS) is 39.4. The van der Waals surface area contributed by atoms with Gasteiger partial charge in [-0.2, -0.15) is 13.2 Å². The van der Waals surface area contributed by atoms with Crippen molar-refractivity contribution in [1.29, 1.82) is 0 Å². The van der Waals surface area contributed by atoms with E-state index < -0.39 is 69.5 Å². The van der Waals surface area contributed by atoms with E-state index >= 15 is 0 Å². The molecule has 11 heteroatoms. The zero-order chi connectivity index (χ0) is 23.7. The fraction of sp³-hybridized carbons (Fsp3) is 0.952. The van der Waals surface area contributed by atoms with Crippen LogP contribution in [0.15, 0.2) is 0 Å². The van der Waals surface area contributed by atoms with Gasteiger partial charge >= 0.3 is 6.18 Å². The van der Waals surface area contributed by atoms with Gasteiger partial charge in [-0.1, -0.05) is 19.8 Å². The first-order chi connectivity index (χ1) is 14.9. The Kier molecular flexibility index (Phi) is 8.13. The Morgan fingerprint density at radius 3 is 2.28 bits per heavy atom. The predicted molar refractivity (Wildman–Crippen MR) is 111 cm³/mol. The zero-order valence-electron chi connectivity index (χ0n) is 18.3. The molecule has 8 atom stereocenters. The van der Waals surface area contributed by atoms with Gasteiger partial charge in [0.15, 0.2) is 0 Å². The number of carbonyl (C=O) groups excluding carboxylic acids is 1. The highest BCUT2D eigenvalue weighted by atomic mass is 32.2. The summed E-state index contributed by atoms with van der Waals surface area (Å²) in [5.74, 6) is -4.49. The highest BCUT2D eigenvalue weighted by Gasteiger charge is 2.53. The average Bonchev–Trinajstić information content (AvgIpc) is 2.70. The van der Waals surface area contributed by atoms with Crippen molar-refractivity contribution in [3.63, 3.8) is 0 Å². The van der Waals surface area contributed by atoms with Crippen molar-refractivity contribution in [2.24, 2.45) is 22.9 Å². The van der Waals surface area contributed by atoms with Crippen molar-refractivity contribution in [3.05, 3.63) is 0 Å². The van der Waals surface area contributed by atoms with Gasteiger partial charge in [-0.05, 0) is 51.4 Å². The van der Waals surface area contributed by atoms with Crippen molar-refractivity contribution >= 4 is 15.9 Å². The lowest BCUT2D eigenvalue weighted by molar-refractivity contribution is -0.220. The molecule has 186 valence electrons. The number of nitrogens with one attached hydrogen (secondary N) is 1. The van der Waals surface area contributed by atoms with E-state index in [1.54, 1.807) is 6.92 Å². The number of halogens is 4. The summed E-state index contributed by atoms with van der Waals surface area (Å²) in [5, 5.41) is 7.09. The summed E-state index contributed by atoms with van der Waals surface area (Å²) in [6.07, 6.45) is -3.69. The number of hydrogen-bond acceptors (Lipinski definition) is 4. The fourth-order valence-electron chi connectivity index (χ4n) is 5.59.